The van der Waals surface area contributed by atoms with Crippen molar-refractivity contribution < 1.29 is 8.85 Å². The first-order valence-electron chi connectivity index (χ1n) is 4.61. The fourth-order valence-corrected chi connectivity index (χ4v) is 8.07. The molecule has 13 heavy (non-hydrogen) atoms. The van der Waals surface area contributed by atoms with Crippen LogP contribution in [-0.2, 0) is 8.85 Å². The average Bonchev–Trinajstić information content (AvgIpc) is 2.04. The zero-order valence-electron chi connectivity index (χ0n) is 9.55. The van der Waals surface area contributed by atoms with Crippen molar-refractivity contribution in [3.63, 3.8) is 0 Å². The van der Waals surface area contributed by atoms with E-state index in [2.05, 4.69) is 26.6 Å². The lowest BCUT2D eigenvalue weighted by atomic mass is 10.6. The predicted octanol–water partition coefficient (Wildman–Crippen LogP) is 1.99. The minimum Gasteiger partial charge on any atom is -0.399 e. The van der Waals surface area contributed by atoms with E-state index in [4.69, 9.17) is 21.5 Å². The van der Waals surface area contributed by atoms with Gasteiger partial charge in [0.05, 0.1) is 8.07 Å². The third-order valence-electron chi connectivity index (χ3n) is 2.66. The summed E-state index contributed by atoms with van der Waals surface area (Å²) in [5.41, 5.74) is 0. The van der Waals surface area contributed by atoms with Gasteiger partial charge in [-0.25, -0.2) is 0 Å². The van der Waals surface area contributed by atoms with E-state index in [-0.39, 0.29) is 3.99 Å². The van der Waals surface area contributed by atoms with Gasteiger partial charge in [-0.2, -0.15) is 12.6 Å². The van der Waals surface area contributed by atoms with Crippen molar-refractivity contribution >= 4 is 30.0 Å². The maximum atomic E-state index is 5.46. The van der Waals surface area contributed by atoms with Crippen LogP contribution in [0.2, 0.25) is 19.6 Å². The molecule has 0 unspecified atom stereocenters. The molecule has 0 radical (unpaired) electrons. The molecule has 0 bridgehead atoms. The molecule has 5 heteroatoms. The quantitative estimate of drug-likeness (QED) is 0.583. The van der Waals surface area contributed by atoms with Crippen molar-refractivity contribution in [1.29, 1.82) is 0 Å². The van der Waals surface area contributed by atoms with Crippen LogP contribution >= 0.6 is 12.6 Å². The van der Waals surface area contributed by atoms with Crippen LogP contribution in [0.25, 0.3) is 0 Å². The molecule has 0 fully saturated rings. The van der Waals surface area contributed by atoms with E-state index in [0.29, 0.717) is 0 Å². The van der Waals surface area contributed by atoms with E-state index < -0.39 is 17.4 Å². The third-order valence-corrected chi connectivity index (χ3v) is 13.9. The molecule has 1 atom stereocenters. The summed E-state index contributed by atoms with van der Waals surface area (Å²) in [6, 6.07) is 0. The molecular formula is C8H22O2SSi2. The van der Waals surface area contributed by atoms with Crippen LogP contribution in [0.1, 0.15) is 13.3 Å². The Hall–Kier alpha value is 0.704. The summed E-state index contributed by atoms with van der Waals surface area (Å²) in [7, 11) is 0.513. The Morgan fingerprint density at radius 2 is 1.62 bits per heavy atom. The summed E-state index contributed by atoms with van der Waals surface area (Å²) >= 11 is 4.83. The molecule has 0 amide bonds. The minimum absolute atomic E-state index is 0.0243. The van der Waals surface area contributed by atoms with Crippen LogP contribution in [0.3, 0.4) is 0 Å². The maximum absolute atomic E-state index is 5.46. The molecule has 0 aliphatic carbocycles. The zero-order valence-corrected chi connectivity index (χ0v) is 12.6. The lowest BCUT2D eigenvalue weighted by molar-refractivity contribution is 0.269. The highest BCUT2D eigenvalue weighted by molar-refractivity contribution is 7.86. The van der Waals surface area contributed by atoms with Gasteiger partial charge in [-0.05, 0) is 6.42 Å². The Morgan fingerprint density at radius 3 is 1.69 bits per heavy atom. The SMILES string of the molecule is CC[C@@](S)([SiH](OC)OC)[Si](C)(C)C. The van der Waals surface area contributed by atoms with E-state index in [1.165, 1.54) is 0 Å². The molecule has 0 aliphatic heterocycles. The highest BCUT2D eigenvalue weighted by atomic mass is 32.1. The highest BCUT2D eigenvalue weighted by Crippen LogP contribution is 2.34. The van der Waals surface area contributed by atoms with Gasteiger partial charge in [0, 0.05) is 18.2 Å². The molecule has 0 aromatic heterocycles. The second kappa shape index (κ2) is 4.97. The fourth-order valence-electron chi connectivity index (χ4n) is 1.54. The second-order valence-corrected chi connectivity index (χ2v) is 14.6. The minimum atomic E-state index is -1.62. The molecule has 0 aliphatic rings. The summed E-state index contributed by atoms with van der Waals surface area (Å²) < 4.78 is 10.9. The number of rotatable bonds is 5. The molecule has 0 saturated carbocycles. The molecular weight excluding hydrogens is 216 g/mol. The smallest absolute Gasteiger partial charge is 0.334 e. The molecule has 0 rings (SSSR count). The van der Waals surface area contributed by atoms with Crippen molar-refractivity contribution in [2.75, 3.05) is 14.2 Å². The average molecular weight is 239 g/mol. The Morgan fingerprint density at radius 1 is 1.23 bits per heavy atom. The lowest BCUT2D eigenvalue weighted by Crippen LogP contribution is -2.59. The Balaban J connectivity index is 4.80. The first-order valence-corrected chi connectivity index (χ1v) is 10.1. The summed E-state index contributed by atoms with van der Waals surface area (Å²) in [4.78, 5) is 0. The summed E-state index contributed by atoms with van der Waals surface area (Å²) in [5.74, 6) is 0. The molecule has 0 N–H and O–H groups in total. The van der Waals surface area contributed by atoms with Gasteiger partial charge in [-0.3, -0.25) is 0 Å². The van der Waals surface area contributed by atoms with Crippen LogP contribution in [-0.4, -0.2) is 35.6 Å². The molecule has 0 heterocycles. The molecule has 0 saturated heterocycles. The summed E-state index contributed by atoms with van der Waals surface area (Å²) in [6.07, 6.45) is 1.03. The maximum Gasteiger partial charge on any atom is 0.334 e. The monoisotopic (exact) mass is 238 g/mol. The van der Waals surface area contributed by atoms with E-state index in [9.17, 15) is 0 Å². The van der Waals surface area contributed by atoms with E-state index in [1.807, 2.05) is 0 Å². The number of thiol groups is 1. The van der Waals surface area contributed by atoms with Crippen LogP contribution in [0.5, 0.6) is 0 Å². The van der Waals surface area contributed by atoms with Crippen LogP contribution in [0, 0.1) is 0 Å². The Bertz CT molecular complexity index is 157. The first kappa shape index (κ1) is 13.7. The molecule has 80 valence electrons. The number of hydrogen-bond donors (Lipinski definition) is 1. The van der Waals surface area contributed by atoms with Gasteiger partial charge in [-0.15, -0.1) is 0 Å². The Kier molecular flexibility index (Phi) is 5.24. The molecule has 2 nitrogen and oxygen atoms in total. The van der Waals surface area contributed by atoms with Crippen molar-refractivity contribution in [2.24, 2.45) is 0 Å². The van der Waals surface area contributed by atoms with Crippen molar-refractivity contribution in [1.82, 2.24) is 0 Å². The van der Waals surface area contributed by atoms with Crippen LogP contribution in [0.15, 0.2) is 0 Å². The van der Waals surface area contributed by atoms with E-state index >= 15 is 0 Å². The van der Waals surface area contributed by atoms with Gasteiger partial charge in [0.2, 0.25) is 0 Å². The van der Waals surface area contributed by atoms with Crippen LogP contribution in [0.4, 0.5) is 0 Å². The third kappa shape index (κ3) is 2.82. The summed E-state index contributed by atoms with van der Waals surface area (Å²) in [6.45, 7) is 9.13. The van der Waals surface area contributed by atoms with Gasteiger partial charge in [0.1, 0.15) is 0 Å². The van der Waals surface area contributed by atoms with E-state index in [0.717, 1.165) is 6.42 Å². The Labute approximate surface area is 90.3 Å². The molecule has 0 spiro atoms. The standard InChI is InChI=1S/C8H22O2SSi2/c1-7-8(11,13(4,5)6)12(9-2)10-3/h11-12H,7H2,1-6H3/t8-/m1/s1. The highest BCUT2D eigenvalue weighted by Gasteiger charge is 2.48. The lowest BCUT2D eigenvalue weighted by Gasteiger charge is -2.41. The fraction of sp³-hybridized carbons (Fsp3) is 1.00. The topological polar surface area (TPSA) is 18.5 Å². The molecule has 0 aromatic rings. The molecule has 0 aromatic carbocycles. The van der Waals surface area contributed by atoms with Gasteiger partial charge in [0.25, 0.3) is 0 Å². The van der Waals surface area contributed by atoms with Crippen molar-refractivity contribution in [3.8, 4) is 0 Å². The van der Waals surface area contributed by atoms with Crippen molar-refractivity contribution in [3.05, 3.63) is 0 Å². The second-order valence-electron chi connectivity index (χ2n) is 4.33. The number of hydrogen-bond acceptors (Lipinski definition) is 3. The van der Waals surface area contributed by atoms with Crippen molar-refractivity contribution in [2.45, 2.75) is 37.0 Å². The normalized spacial score (nSPS) is 17.5. The van der Waals surface area contributed by atoms with Gasteiger partial charge < -0.3 is 8.85 Å². The largest absolute Gasteiger partial charge is 0.399 e. The summed E-state index contributed by atoms with van der Waals surface area (Å²) in [5, 5.41) is 0. The van der Waals surface area contributed by atoms with Gasteiger partial charge in [-0.1, -0.05) is 26.6 Å². The zero-order chi connectivity index (χ0) is 10.7. The predicted molar refractivity (Wildman–Crippen MR) is 66.5 cm³/mol. The first-order chi connectivity index (χ1) is 5.83. The van der Waals surface area contributed by atoms with E-state index in [1.54, 1.807) is 14.2 Å². The van der Waals surface area contributed by atoms with Gasteiger partial charge in [0.15, 0.2) is 0 Å². The van der Waals surface area contributed by atoms with Crippen LogP contribution < -0.4 is 0 Å². The van der Waals surface area contributed by atoms with Gasteiger partial charge >= 0.3 is 9.28 Å².